The Morgan fingerprint density at radius 2 is 1.92 bits per heavy atom. The highest BCUT2D eigenvalue weighted by Gasteiger charge is 2.18. The normalized spacial score (nSPS) is 10.9. The molecule has 0 aliphatic rings. The minimum Gasteiger partial charge on any atom is -0.497 e. The van der Waals surface area contributed by atoms with Crippen LogP contribution in [0.2, 0.25) is 0 Å². The van der Waals surface area contributed by atoms with E-state index in [0.717, 1.165) is 16.7 Å². The molecule has 0 saturated heterocycles. The molecule has 0 spiro atoms. The van der Waals surface area contributed by atoms with Crippen molar-refractivity contribution in [3.05, 3.63) is 42.7 Å². The predicted octanol–water partition coefficient (Wildman–Crippen LogP) is 3.56. The van der Waals surface area contributed by atoms with Crippen molar-refractivity contribution < 1.29 is 18.4 Å². The Hall–Kier alpha value is -3.35. The molecule has 7 heteroatoms. The molecule has 0 aliphatic heterocycles. The maximum absolute atomic E-state index is 5.38. The van der Waals surface area contributed by atoms with Crippen molar-refractivity contribution in [2.45, 2.75) is 0 Å². The summed E-state index contributed by atoms with van der Waals surface area (Å²) >= 11 is 0. The highest BCUT2D eigenvalue weighted by molar-refractivity contribution is 5.86. The van der Waals surface area contributed by atoms with Gasteiger partial charge in [0.15, 0.2) is 5.76 Å². The minimum atomic E-state index is 0.294. The number of hydrogen-bond donors (Lipinski definition) is 0. The fraction of sp³-hybridized carbons (Fsp3) is 0.118. The molecule has 3 heterocycles. The van der Waals surface area contributed by atoms with Gasteiger partial charge in [0.2, 0.25) is 11.7 Å². The molecular weight excluding hydrogens is 310 g/mol. The monoisotopic (exact) mass is 323 g/mol. The van der Waals surface area contributed by atoms with Crippen LogP contribution in [0.3, 0.4) is 0 Å². The number of hydrogen-bond acceptors (Lipinski definition) is 7. The second kappa shape index (κ2) is 5.69. The van der Waals surface area contributed by atoms with Crippen molar-refractivity contribution in [1.82, 2.24) is 15.1 Å². The number of aromatic nitrogens is 3. The first-order valence-electron chi connectivity index (χ1n) is 7.19. The van der Waals surface area contributed by atoms with Crippen LogP contribution in [0.4, 0.5) is 0 Å². The van der Waals surface area contributed by atoms with Crippen LogP contribution >= 0.6 is 0 Å². The minimum absolute atomic E-state index is 0.294. The van der Waals surface area contributed by atoms with Gasteiger partial charge >= 0.3 is 0 Å². The predicted molar refractivity (Wildman–Crippen MR) is 85.8 cm³/mol. The summed E-state index contributed by atoms with van der Waals surface area (Å²) in [5.41, 5.74) is 1.41. The molecule has 7 nitrogen and oxygen atoms in total. The molecule has 0 saturated carbocycles. The summed E-state index contributed by atoms with van der Waals surface area (Å²) in [6.07, 6.45) is 1.55. The highest BCUT2D eigenvalue weighted by Crippen LogP contribution is 2.32. The number of benzene rings is 1. The lowest BCUT2D eigenvalue weighted by Gasteiger charge is -2.07. The molecule has 0 unspecified atom stereocenters. The first-order chi connectivity index (χ1) is 11.8. The molecule has 0 aliphatic carbocycles. The molecular formula is C17H13N3O4. The van der Waals surface area contributed by atoms with Crippen molar-refractivity contribution in [1.29, 1.82) is 0 Å². The Balaban J connectivity index is 1.85. The summed E-state index contributed by atoms with van der Waals surface area (Å²) in [4.78, 5) is 8.85. The molecule has 0 N–H and O–H groups in total. The molecule has 4 rings (SSSR count). The van der Waals surface area contributed by atoms with Crippen LogP contribution < -0.4 is 9.47 Å². The van der Waals surface area contributed by atoms with Crippen molar-refractivity contribution >= 4 is 10.9 Å². The Kier molecular flexibility index (Phi) is 3.38. The van der Waals surface area contributed by atoms with Gasteiger partial charge in [-0.3, -0.25) is 0 Å². The zero-order valence-electron chi connectivity index (χ0n) is 13.0. The topological polar surface area (TPSA) is 83.4 Å². The van der Waals surface area contributed by atoms with Gasteiger partial charge in [-0.05, 0) is 36.4 Å². The van der Waals surface area contributed by atoms with Gasteiger partial charge in [-0.1, -0.05) is 5.16 Å². The van der Waals surface area contributed by atoms with Gasteiger partial charge in [-0.25, -0.2) is 4.98 Å². The van der Waals surface area contributed by atoms with Gasteiger partial charge in [0.05, 0.1) is 31.6 Å². The molecule has 0 bridgehead atoms. The first-order valence-corrected chi connectivity index (χ1v) is 7.19. The van der Waals surface area contributed by atoms with Crippen LogP contribution in [0, 0.1) is 0 Å². The van der Waals surface area contributed by atoms with Gasteiger partial charge in [-0.15, -0.1) is 0 Å². The maximum Gasteiger partial charge on any atom is 0.293 e. The molecule has 24 heavy (non-hydrogen) atoms. The smallest absolute Gasteiger partial charge is 0.293 e. The van der Waals surface area contributed by atoms with E-state index in [9.17, 15) is 0 Å². The van der Waals surface area contributed by atoms with Gasteiger partial charge < -0.3 is 18.4 Å². The van der Waals surface area contributed by atoms with E-state index in [-0.39, 0.29) is 0 Å². The van der Waals surface area contributed by atoms with Crippen molar-refractivity contribution in [2.75, 3.05) is 14.2 Å². The second-order valence-electron chi connectivity index (χ2n) is 5.00. The van der Waals surface area contributed by atoms with Gasteiger partial charge in [-0.2, -0.15) is 4.98 Å². The zero-order valence-corrected chi connectivity index (χ0v) is 13.0. The van der Waals surface area contributed by atoms with Gasteiger partial charge in [0, 0.05) is 5.39 Å². The number of rotatable bonds is 4. The number of methoxy groups -OCH3 is 2. The number of furan rings is 1. The number of ether oxygens (including phenoxy) is 2. The third-order valence-electron chi connectivity index (χ3n) is 3.58. The van der Waals surface area contributed by atoms with Crippen LogP contribution in [0.15, 0.2) is 51.6 Å². The number of fused-ring (bicyclic) bond motifs is 1. The average Bonchev–Trinajstić information content (AvgIpc) is 3.31. The van der Waals surface area contributed by atoms with Gasteiger partial charge in [0.25, 0.3) is 5.89 Å². The summed E-state index contributed by atoms with van der Waals surface area (Å²) < 4.78 is 21.2. The lowest BCUT2D eigenvalue weighted by molar-refractivity contribution is 0.398. The third-order valence-corrected chi connectivity index (χ3v) is 3.58. The SMILES string of the molecule is COc1ccc2nc(OC)c(-c3noc(-c4ccco4)n3)cc2c1. The van der Waals surface area contributed by atoms with E-state index in [1.807, 2.05) is 24.3 Å². The number of pyridine rings is 1. The molecule has 0 amide bonds. The maximum atomic E-state index is 5.38. The van der Waals surface area contributed by atoms with Crippen molar-refractivity contribution in [2.24, 2.45) is 0 Å². The zero-order chi connectivity index (χ0) is 16.5. The Labute approximate surface area is 136 Å². The molecule has 1 aromatic carbocycles. The van der Waals surface area contributed by atoms with Gasteiger partial charge in [0.1, 0.15) is 5.75 Å². The average molecular weight is 323 g/mol. The van der Waals surface area contributed by atoms with E-state index in [1.165, 1.54) is 0 Å². The van der Waals surface area contributed by atoms with E-state index >= 15 is 0 Å². The second-order valence-corrected chi connectivity index (χ2v) is 5.00. The van der Waals surface area contributed by atoms with E-state index in [1.54, 1.807) is 32.6 Å². The summed E-state index contributed by atoms with van der Waals surface area (Å²) in [6.45, 7) is 0. The summed E-state index contributed by atoms with van der Waals surface area (Å²) in [5, 5.41) is 4.89. The van der Waals surface area contributed by atoms with Crippen LogP contribution in [0.5, 0.6) is 11.6 Å². The largest absolute Gasteiger partial charge is 0.497 e. The summed E-state index contributed by atoms with van der Waals surface area (Å²) in [6, 6.07) is 11.0. The van der Waals surface area contributed by atoms with E-state index < -0.39 is 0 Å². The van der Waals surface area contributed by atoms with E-state index in [2.05, 4.69) is 15.1 Å². The van der Waals surface area contributed by atoms with Crippen molar-refractivity contribution in [3.8, 4) is 34.7 Å². The highest BCUT2D eigenvalue weighted by atomic mass is 16.5. The van der Waals surface area contributed by atoms with Crippen LogP contribution in [0.25, 0.3) is 33.9 Å². The number of nitrogens with zero attached hydrogens (tertiary/aromatic N) is 3. The Bertz CT molecular complexity index is 992. The summed E-state index contributed by atoms with van der Waals surface area (Å²) in [7, 11) is 3.17. The summed E-state index contributed by atoms with van der Waals surface area (Å²) in [5.74, 6) is 2.32. The van der Waals surface area contributed by atoms with Crippen LogP contribution in [-0.4, -0.2) is 29.3 Å². The molecule has 0 fully saturated rings. The Morgan fingerprint density at radius 3 is 2.67 bits per heavy atom. The van der Waals surface area contributed by atoms with Crippen LogP contribution in [0.1, 0.15) is 0 Å². The fourth-order valence-electron chi connectivity index (χ4n) is 2.41. The molecule has 4 aromatic rings. The van der Waals surface area contributed by atoms with Crippen LogP contribution in [-0.2, 0) is 0 Å². The standard InChI is InChI=1S/C17H13N3O4/c1-21-11-5-6-13-10(8-11)9-12(16(18-13)22-2)15-19-17(24-20-15)14-4-3-7-23-14/h3-9H,1-2H3. The van der Waals surface area contributed by atoms with E-state index in [0.29, 0.717) is 28.9 Å². The molecule has 0 atom stereocenters. The Morgan fingerprint density at radius 1 is 1.00 bits per heavy atom. The molecule has 0 radical (unpaired) electrons. The van der Waals surface area contributed by atoms with E-state index in [4.69, 9.17) is 18.4 Å². The van der Waals surface area contributed by atoms with Crippen molar-refractivity contribution in [3.63, 3.8) is 0 Å². The lowest BCUT2D eigenvalue weighted by atomic mass is 10.1. The fourth-order valence-corrected chi connectivity index (χ4v) is 2.41. The lowest BCUT2D eigenvalue weighted by Crippen LogP contribution is -1.94. The first kappa shape index (κ1) is 14.3. The molecule has 3 aromatic heterocycles. The molecule has 120 valence electrons. The quantitative estimate of drug-likeness (QED) is 0.567. The third kappa shape index (κ3) is 2.36.